The Hall–Kier alpha value is -0.670. The van der Waals surface area contributed by atoms with Crippen molar-refractivity contribution in [3.05, 3.63) is 11.6 Å². The molecule has 2 unspecified atom stereocenters. The van der Waals surface area contributed by atoms with Crippen molar-refractivity contribution in [1.29, 1.82) is 0 Å². The Labute approximate surface area is 77.7 Å². The van der Waals surface area contributed by atoms with Gasteiger partial charge in [0.15, 0.2) is 17.7 Å². The lowest BCUT2D eigenvalue weighted by molar-refractivity contribution is -0.141. The van der Waals surface area contributed by atoms with Crippen molar-refractivity contribution in [1.82, 2.24) is 0 Å². The lowest BCUT2D eigenvalue weighted by Gasteiger charge is -2.27. The molecule has 2 aliphatic rings. The molecule has 0 aliphatic carbocycles. The molecule has 2 aliphatic heterocycles. The first kappa shape index (κ1) is 8.91. The lowest BCUT2D eigenvalue weighted by Crippen LogP contribution is -2.42. The van der Waals surface area contributed by atoms with E-state index in [-0.39, 0.29) is 12.1 Å². The Morgan fingerprint density at radius 1 is 1.62 bits per heavy atom. The van der Waals surface area contributed by atoms with E-state index in [4.69, 9.17) is 9.47 Å². The highest BCUT2D eigenvalue weighted by molar-refractivity contribution is 5.99. The second-order valence-corrected chi connectivity index (χ2v) is 3.55. The highest BCUT2D eigenvalue weighted by Gasteiger charge is 2.49. The van der Waals surface area contributed by atoms with E-state index in [1.807, 2.05) is 13.8 Å². The number of hydrogen-bond donors (Lipinski definition) is 0. The van der Waals surface area contributed by atoms with Crippen LogP contribution in [0.5, 0.6) is 0 Å². The van der Waals surface area contributed by atoms with Crippen LogP contribution in [0.1, 0.15) is 26.7 Å². The van der Waals surface area contributed by atoms with Gasteiger partial charge in [-0.15, -0.1) is 0 Å². The number of ketones is 1. The normalized spacial score (nSPS) is 37.8. The molecule has 72 valence electrons. The summed E-state index contributed by atoms with van der Waals surface area (Å²) in [5.41, 5.74) is 0.301. The van der Waals surface area contributed by atoms with Crippen LogP contribution >= 0.6 is 0 Å². The van der Waals surface area contributed by atoms with Gasteiger partial charge in [-0.2, -0.15) is 0 Å². The molecule has 0 saturated carbocycles. The first-order chi connectivity index (χ1) is 6.22. The minimum atomic E-state index is -0.663. The minimum Gasteiger partial charge on any atom is -0.345 e. The quantitative estimate of drug-likeness (QED) is 0.648. The molecule has 3 nitrogen and oxygen atoms in total. The smallest absolute Gasteiger partial charge is 0.190 e. The minimum absolute atomic E-state index is 0.0700. The van der Waals surface area contributed by atoms with Gasteiger partial charge >= 0.3 is 0 Å². The highest BCUT2D eigenvalue weighted by atomic mass is 16.7. The maximum absolute atomic E-state index is 11.7. The van der Waals surface area contributed by atoms with Gasteiger partial charge < -0.3 is 9.47 Å². The maximum Gasteiger partial charge on any atom is 0.190 e. The molecule has 1 saturated heterocycles. The summed E-state index contributed by atoms with van der Waals surface area (Å²) >= 11 is 0. The second-order valence-electron chi connectivity index (χ2n) is 3.55. The zero-order valence-corrected chi connectivity index (χ0v) is 8.00. The molecule has 2 heterocycles. The Kier molecular flexibility index (Phi) is 2.00. The number of carbonyl (C=O) groups is 1. The van der Waals surface area contributed by atoms with Crippen molar-refractivity contribution in [2.24, 2.45) is 0 Å². The molecule has 13 heavy (non-hydrogen) atoms. The molecule has 0 aromatic carbocycles. The van der Waals surface area contributed by atoms with Gasteiger partial charge in [0.25, 0.3) is 0 Å². The second kappa shape index (κ2) is 2.93. The van der Waals surface area contributed by atoms with Crippen molar-refractivity contribution in [3.8, 4) is 0 Å². The van der Waals surface area contributed by atoms with E-state index in [2.05, 4.69) is 0 Å². The van der Waals surface area contributed by atoms with E-state index in [1.54, 1.807) is 6.08 Å². The van der Waals surface area contributed by atoms with Gasteiger partial charge in [0.05, 0.1) is 6.61 Å². The van der Waals surface area contributed by atoms with E-state index >= 15 is 0 Å². The van der Waals surface area contributed by atoms with Crippen molar-refractivity contribution in [2.45, 2.75) is 38.6 Å². The molecule has 0 radical (unpaired) electrons. The predicted molar refractivity (Wildman–Crippen MR) is 47.2 cm³/mol. The summed E-state index contributed by atoms with van der Waals surface area (Å²) in [4.78, 5) is 11.7. The van der Waals surface area contributed by atoms with Crippen LogP contribution in [0, 0.1) is 0 Å². The van der Waals surface area contributed by atoms with E-state index in [0.29, 0.717) is 13.0 Å². The van der Waals surface area contributed by atoms with Crippen LogP contribution in [-0.4, -0.2) is 24.3 Å². The molecule has 1 fully saturated rings. The van der Waals surface area contributed by atoms with Crippen LogP contribution in [0.2, 0.25) is 0 Å². The molecular formula is C10H14O3. The molecule has 2 atom stereocenters. The summed E-state index contributed by atoms with van der Waals surface area (Å²) < 4.78 is 11.0. The molecular weight excluding hydrogens is 168 g/mol. The van der Waals surface area contributed by atoms with Gasteiger partial charge in [0, 0.05) is 0 Å². The first-order valence-corrected chi connectivity index (χ1v) is 4.76. The standard InChI is InChI=1S/C10H14O3/c1-3-7-5-8(11)10(4-2)6-12-9(7)13-10/h5,9H,3-4,6H2,1-2H3. The van der Waals surface area contributed by atoms with Crippen LogP contribution in [0.4, 0.5) is 0 Å². The fourth-order valence-corrected chi connectivity index (χ4v) is 1.79. The summed E-state index contributed by atoms with van der Waals surface area (Å²) in [5, 5.41) is 0. The van der Waals surface area contributed by atoms with Crippen LogP contribution in [0.3, 0.4) is 0 Å². The van der Waals surface area contributed by atoms with E-state index in [9.17, 15) is 4.79 Å². The predicted octanol–water partition coefficient (Wildman–Crippen LogP) is 1.43. The summed E-state index contributed by atoms with van der Waals surface area (Å²) in [5.74, 6) is 0.0700. The molecule has 3 heteroatoms. The van der Waals surface area contributed by atoms with Crippen molar-refractivity contribution >= 4 is 5.78 Å². The van der Waals surface area contributed by atoms with Crippen LogP contribution < -0.4 is 0 Å². The highest BCUT2D eigenvalue weighted by Crippen LogP contribution is 2.36. The fourth-order valence-electron chi connectivity index (χ4n) is 1.79. The third-order valence-corrected chi connectivity index (χ3v) is 2.85. The molecule has 0 aromatic heterocycles. The number of hydrogen-bond acceptors (Lipinski definition) is 3. The van der Waals surface area contributed by atoms with Gasteiger partial charge in [-0.1, -0.05) is 13.8 Å². The van der Waals surface area contributed by atoms with Gasteiger partial charge in [-0.05, 0) is 24.5 Å². The van der Waals surface area contributed by atoms with Crippen LogP contribution in [0.15, 0.2) is 11.6 Å². The Bertz CT molecular complexity index is 269. The molecule has 0 spiro atoms. The van der Waals surface area contributed by atoms with Crippen LogP contribution in [0.25, 0.3) is 0 Å². The summed E-state index contributed by atoms with van der Waals surface area (Å²) in [7, 11) is 0. The van der Waals surface area contributed by atoms with E-state index in [1.165, 1.54) is 0 Å². The molecule has 0 amide bonds. The lowest BCUT2D eigenvalue weighted by atomic mass is 9.92. The van der Waals surface area contributed by atoms with Gasteiger partial charge in [-0.3, -0.25) is 4.79 Å². The Morgan fingerprint density at radius 3 is 3.00 bits per heavy atom. The molecule has 2 rings (SSSR count). The summed E-state index contributed by atoms with van der Waals surface area (Å²) in [6, 6.07) is 0. The zero-order valence-electron chi connectivity index (χ0n) is 8.00. The van der Waals surface area contributed by atoms with Gasteiger partial charge in [-0.25, -0.2) is 0 Å². The summed E-state index contributed by atoms with van der Waals surface area (Å²) in [6.07, 6.45) is 2.94. The maximum atomic E-state index is 11.7. The Morgan fingerprint density at radius 2 is 2.38 bits per heavy atom. The summed E-state index contributed by atoms with van der Waals surface area (Å²) in [6.45, 7) is 4.37. The fraction of sp³-hybridized carbons (Fsp3) is 0.700. The van der Waals surface area contributed by atoms with Crippen LogP contribution in [-0.2, 0) is 14.3 Å². The first-order valence-electron chi connectivity index (χ1n) is 4.76. The largest absolute Gasteiger partial charge is 0.345 e. The third kappa shape index (κ3) is 1.15. The van der Waals surface area contributed by atoms with Gasteiger partial charge in [0.2, 0.25) is 0 Å². The number of fused-ring (bicyclic) bond motifs is 2. The average Bonchev–Trinajstić information content (AvgIpc) is 2.54. The zero-order chi connectivity index (χ0) is 9.47. The van der Waals surface area contributed by atoms with E-state index < -0.39 is 5.60 Å². The third-order valence-electron chi connectivity index (χ3n) is 2.85. The SMILES string of the molecule is CCC1=CC(=O)C2(CC)COC1O2. The van der Waals surface area contributed by atoms with Gasteiger partial charge in [0.1, 0.15) is 0 Å². The molecule has 0 N–H and O–H groups in total. The monoisotopic (exact) mass is 182 g/mol. The number of carbonyl (C=O) groups excluding carboxylic acids is 1. The number of rotatable bonds is 2. The molecule has 0 aromatic rings. The van der Waals surface area contributed by atoms with Crippen molar-refractivity contribution in [3.63, 3.8) is 0 Å². The van der Waals surface area contributed by atoms with E-state index in [0.717, 1.165) is 12.0 Å². The topological polar surface area (TPSA) is 35.5 Å². The number of ether oxygens (including phenoxy) is 2. The van der Waals surface area contributed by atoms with Crippen molar-refractivity contribution in [2.75, 3.05) is 6.61 Å². The molecule has 2 bridgehead atoms. The average molecular weight is 182 g/mol. The van der Waals surface area contributed by atoms with Crippen molar-refractivity contribution < 1.29 is 14.3 Å². The Balaban J connectivity index is 2.33.